The van der Waals surface area contributed by atoms with Gasteiger partial charge in [0.2, 0.25) is 0 Å². The van der Waals surface area contributed by atoms with Crippen molar-refractivity contribution in [3.05, 3.63) is 12.0 Å². The van der Waals surface area contributed by atoms with Crippen molar-refractivity contribution in [1.82, 2.24) is 14.7 Å². The zero-order valence-corrected chi connectivity index (χ0v) is 14.2. The third-order valence-electron chi connectivity index (χ3n) is 2.97. The van der Waals surface area contributed by atoms with Gasteiger partial charge in [-0.25, -0.2) is 18.1 Å². The molecule has 7 heteroatoms. The highest BCUT2D eigenvalue weighted by atomic mass is 79.9. The summed E-state index contributed by atoms with van der Waals surface area (Å²) in [4.78, 5) is 6.86. The normalized spacial score (nSPS) is 14.6. The Bertz CT molecular complexity index is 505. The van der Waals surface area contributed by atoms with Gasteiger partial charge in [0, 0.05) is 17.8 Å². The third kappa shape index (κ3) is 4.57. The Balaban J connectivity index is 2.94. The van der Waals surface area contributed by atoms with Crippen LogP contribution in [0, 0.1) is 5.41 Å². The Morgan fingerprint density at radius 1 is 1.47 bits per heavy atom. The standard InChI is InChI=1S/C12H22BrN3O2S/c1-5-10-14-8-11(15-10)19(17,18)16-9(6-7-13)12(2,3)4/h8-9,16H,5-7H2,1-4H3,(H,14,15). The molecule has 0 aliphatic rings. The molecule has 1 heterocycles. The van der Waals surface area contributed by atoms with E-state index in [4.69, 9.17) is 0 Å². The van der Waals surface area contributed by atoms with Crippen molar-refractivity contribution in [2.24, 2.45) is 5.41 Å². The number of aromatic nitrogens is 2. The minimum Gasteiger partial charge on any atom is -0.332 e. The smallest absolute Gasteiger partial charge is 0.257 e. The fourth-order valence-corrected chi connectivity index (χ4v) is 3.56. The van der Waals surface area contributed by atoms with Crippen molar-refractivity contribution in [2.45, 2.75) is 51.6 Å². The molecule has 0 aromatic carbocycles. The Kier molecular flexibility index (Phi) is 5.58. The third-order valence-corrected chi connectivity index (χ3v) is 4.81. The molecule has 0 fully saturated rings. The van der Waals surface area contributed by atoms with Gasteiger partial charge in [0.05, 0.1) is 6.20 Å². The van der Waals surface area contributed by atoms with E-state index in [1.54, 1.807) is 0 Å². The van der Waals surface area contributed by atoms with E-state index in [2.05, 4.69) is 30.6 Å². The predicted octanol–water partition coefficient (Wildman–Crippen LogP) is 2.45. The van der Waals surface area contributed by atoms with Crippen LogP contribution >= 0.6 is 15.9 Å². The monoisotopic (exact) mass is 351 g/mol. The first-order valence-electron chi connectivity index (χ1n) is 6.33. The number of rotatable bonds is 6. The molecule has 0 spiro atoms. The summed E-state index contributed by atoms with van der Waals surface area (Å²) in [7, 11) is -3.54. The van der Waals surface area contributed by atoms with E-state index in [0.717, 1.165) is 11.8 Å². The molecule has 0 saturated heterocycles. The molecule has 1 atom stereocenters. The molecule has 0 radical (unpaired) electrons. The predicted molar refractivity (Wildman–Crippen MR) is 79.9 cm³/mol. The lowest BCUT2D eigenvalue weighted by molar-refractivity contribution is 0.293. The lowest BCUT2D eigenvalue weighted by Crippen LogP contribution is -2.44. The number of alkyl halides is 1. The molecular weight excluding hydrogens is 330 g/mol. The summed E-state index contributed by atoms with van der Waals surface area (Å²) in [5, 5.41) is 0.883. The number of H-pyrrole nitrogens is 1. The van der Waals surface area contributed by atoms with Crippen molar-refractivity contribution in [3.8, 4) is 0 Å². The van der Waals surface area contributed by atoms with Crippen molar-refractivity contribution in [2.75, 3.05) is 5.33 Å². The second-order valence-electron chi connectivity index (χ2n) is 5.57. The molecule has 0 saturated carbocycles. The Labute approximate surface area is 123 Å². The summed E-state index contributed by atoms with van der Waals surface area (Å²) in [5.41, 5.74) is -0.144. The molecule has 19 heavy (non-hydrogen) atoms. The van der Waals surface area contributed by atoms with E-state index >= 15 is 0 Å². The molecule has 2 N–H and O–H groups in total. The summed E-state index contributed by atoms with van der Waals surface area (Å²) in [5.74, 6) is 0.674. The molecule has 0 aliphatic carbocycles. The van der Waals surface area contributed by atoms with E-state index in [-0.39, 0.29) is 16.5 Å². The van der Waals surface area contributed by atoms with E-state index in [1.165, 1.54) is 6.20 Å². The molecular formula is C12H22BrN3O2S. The Morgan fingerprint density at radius 2 is 2.11 bits per heavy atom. The molecule has 5 nitrogen and oxygen atoms in total. The topological polar surface area (TPSA) is 74.8 Å². The number of sulfonamides is 1. The van der Waals surface area contributed by atoms with Crippen LogP contribution in [0.5, 0.6) is 0 Å². The van der Waals surface area contributed by atoms with Crippen LogP contribution in [-0.4, -0.2) is 29.8 Å². The minimum atomic E-state index is -3.54. The molecule has 1 rings (SSSR count). The van der Waals surface area contributed by atoms with Crippen LogP contribution in [-0.2, 0) is 16.4 Å². The Hall–Kier alpha value is -0.400. The number of aryl methyl sites for hydroxylation is 1. The van der Waals surface area contributed by atoms with Crippen molar-refractivity contribution in [1.29, 1.82) is 0 Å². The summed E-state index contributed by atoms with van der Waals surface area (Å²) >= 11 is 3.37. The van der Waals surface area contributed by atoms with E-state index in [9.17, 15) is 8.42 Å². The zero-order valence-electron chi connectivity index (χ0n) is 11.8. The van der Waals surface area contributed by atoms with Gasteiger partial charge in [0.1, 0.15) is 5.82 Å². The quantitative estimate of drug-likeness (QED) is 0.773. The average molecular weight is 352 g/mol. The van der Waals surface area contributed by atoms with Gasteiger partial charge < -0.3 is 4.98 Å². The van der Waals surface area contributed by atoms with Gasteiger partial charge in [0.15, 0.2) is 5.03 Å². The maximum Gasteiger partial charge on any atom is 0.257 e. The van der Waals surface area contributed by atoms with E-state index in [0.29, 0.717) is 12.2 Å². The van der Waals surface area contributed by atoms with Crippen molar-refractivity contribution < 1.29 is 8.42 Å². The minimum absolute atomic E-state index is 0.133. The van der Waals surface area contributed by atoms with Gasteiger partial charge in [-0.2, -0.15) is 0 Å². The number of hydrogen-bond donors (Lipinski definition) is 2. The van der Waals surface area contributed by atoms with Crippen molar-refractivity contribution in [3.63, 3.8) is 0 Å². The number of hydrogen-bond acceptors (Lipinski definition) is 3. The van der Waals surface area contributed by atoms with Gasteiger partial charge in [-0.3, -0.25) is 0 Å². The molecule has 110 valence electrons. The summed E-state index contributed by atoms with van der Waals surface area (Å²) in [6.07, 6.45) is 2.78. The Morgan fingerprint density at radius 3 is 2.53 bits per heavy atom. The number of nitrogens with zero attached hydrogens (tertiary/aromatic N) is 1. The van der Waals surface area contributed by atoms with Crippen molar-refractivity contribution >= 4 is 26.0 Å². The van der Waals surface area contributed by atoms with Crippen LogP contribution < -0.4 is 4.72 Å². The number of nitrogens with one attached hydrogen (secondary N) is 2. The SMILES string of the molecule is CCc1ncc(S(=O)(=O)NC(CCBr)C(C)(C)C)[nH]1. The van der Waals surface area contributed by atoms with Crippen LogP contribution in [0.1, 0.15) is 39.9 Å². The molecule has 0 aliphatic heterocycles. The molecule has 1 aromatic heterocycles. The average Bonchev–Trinajstić information content (AvgIpc) is 2.76. The molecule has 1 unspecified atom stereocenters. The van der Waals surface area contributed by atoms with E-state index < -0.39 is 10.0 Å². The van der Waals surface area contributed by atoms with Crippen LogP contribution in [0.2, 0.25) is 0 Å². The summed E-state index contributed by atoms with van der Waals surface area (Å²) < 4.78 is 27.4. The number of halogens is 1. The van der Waals surface area contributed by atoms with Gasteiger partial charge in [0.25, 0.3) is 10.0 Å². The zero-order chi connectivity index (χ0) is 14.7. The van der Waals surface area contributed by atoms with Crippen LogP contribution in [0.15, 0.2) is 11.2 Å². The van der Waals surface area contributed by atoms with Crippen LogP contribution in [0.4, 0.5) is 0 Å². The number of aromatic amines is 1. The molecule has 0 amide bonds. The van der Waals surface area contributed by atoms with Gasteiger partial charge in [-0.05, 0) is 11.8 Å². The first-order valence-corrected chi connectivity index (χ1v) is 8.93. The highest BCUT2D eigenvalue weighted by molar-refractivity contribution is 9.09. The second-order valence-corrected chi connectivity index (χ2v) is 8.04. The largest absolute Gasteiger partial charge is 0.332 e. The maximum atomic E-state index is 12.3. The fraction of sp³-hybridized carbons (Fsp3) is 0.750. The highest BCUT2D eigenvalue weighted by Gasteiger charge is 2.29. The first kappa shape index (κ1) is 16.7. The van der Waals surface area contributed by atoms with Crippen LogP contribution in [0.3, 0.4) is 0 Å². The van der Waals surface area contributed by atoms with Gasteiger partial charge in [-0.1, -0.05) is 43.6 Å². The lowest BCUT2D eigenvalue weighted by Gasteiger charge is -2.30. The maximum absolute atomic E-state index is 12.3. The van der Waals surface area contributed by atoms with Gasteiger partial charge in [-0.15, -0.1) is 0 Å². The second kappa shape index (κ2) is 6.37. The summed E-state index contributed by atoms with van der Waals surface area (Å²) in [6.45, 7) is 7.99. The molecule has 0 bridgehead atoms. The highest BCUT2D eigenvalue weighted by Crippen LogP contribution is 2.24. The molecule has 1 aromatic rings. The first-order chi connectivity index (χ1) is 8.70. The summed E-state index contributed by atoms with van der Waals surface area (Å²) in [6, 6.07) is -0.134. The van der Waals surface area contributed by atoms with E-state index in [1.807, 2.05) is 27.7 Å². The number of imidazole rings is 1. The fourth-order valence-electron chi connectivity index (χ4n) is 1.69. The lowest BCUT2D eigenvalue weighted by atomic mass is 9.86. The van der Waals surface area contributed by atoms with Gasteiger partial charge >= 0.3 is 0 Å². The van der Waals surface area contributed by atoms with Crippen LogP contribution in [0.25, 0.3) is 0 Å².